The Morgan fingerprint density at radius 3 is 2.54 bits per heavy atom. The minimum Gasteiger partial charge on any atom is -0.497 e. The lowest BCUT2D eigenvalue weighted by atomic mass is 9.93. The number of fused-ring (bicyclic) bond motifs is 4. The van der Waals surface area contributed by atoms with Crippen molar-refractivity contribution < 1.29 is 46.3 Å². The highest BCUT2D eigenvalue weighted by molar-refractivity contribution is 7.91. The second kappa shape index (κ2) is 15.6. The Morgan fingerprint density at radius 1 is 1.07 bits per heavy atom. The molecule has 5 aliphatic rings. The van der Waals surface area contributed by atoms with E-state index in [1.165, 1.54) is 24.1 Å². The number of nitrogens with one attached hydrogen (secondary N) is 3. The van der Waals surface area contributed by atoms with E-state index in [-0.39, 0.29) is 48.2 Å². The van der Waals surface area contributed by atoms with Crippen LogP contribution in [0, 0.1) is 23.6 Å². The molecule has 1 aromatic heterocycles. The maximum absolute atomic E-state index is 14.9. The summed E-state index contributed by atoms with van der Waals surface area (Å²) in [7, 11) is -2.50. The Kier molecular flexibility index (Phi) is 11.1. The first-order chi connectivity index (χ1) is 27.0. The largest absolute Gasteiger partial charge is 0.497 e. The summed E-state index contributed by atoms with van der Waals surface area (Å²) in [4.78, 5) is 77.3. The third-order valence-corrected chi connectivity index (χ3v) is 14.0. The van der Waals surface area contributed by atoms with Crippen LogP contribution in [0.1, 0.15) is 81.9 Å². The molecule has 6 atom stereocenters. The summed E-state index contributed by atoms with van der Waals surface area (Å²) in [5.74, 6) is -4.00. The lowest BCUT2D eigenvalue weighted by molar-refractivity contribution is -0.142. The molecule has 308 valence electrons. The topological polar surface area (TPSA) is 193 Å². The van der Waals surface area contributed by atoms with E-state index in [9.17, 15) is 36.8 Å². The zero-order valence-corrected chi connectivity index (χ0v) is 34.0. The molecule has 0 bridgehead atoms. The molecule has 3 aliphatic heterocycles. The average molecular weight is 829 g/mol. The summed E-state index contributed by atoms with van der Waals surface area (Å²) >= 11 is 1.06. The standard InChI is InChI=1S/C39H49FN6O9S2/c1-38(2,3)55-37(51)42-29-11-9-7-5-6-8-10-23-17-39(23,36(50)44-57(52,53)25-13-14-25)43-32(47)31-27-20-45(18-22(27)19-46(31)34(29)48)35(49)33-41-30(21-56-33)26-15-12-24(54-4)16-28(26)40/h8,10,12,15-16,21-23,25,27,29,31H,5-7,9,11,13-14,17-20H2,1-4H3,(H,42,51)(H,43,47)(H,44,50)/b10-8-/t22-,23+,27-,29-,31-,39+/m0/s1. The Bertz CT molecular complexity index is 2080. The number of allylic oxidation sites excluding steroid dienone is 1. The molecule has 2 aromatic rings. The quantitative estimate of drug-likeness (QED) is 0.347. The SMILES string of the molecule is COc1ccc(-c2csc(C(=O)N3C[C@H]4CN5C(=O)[C@@H](NC(=O)OC(C)(C)C)CCCCC/C=C\[C@@H]6C[C@@]6(C(=O)NS(=O)(=O)C6CC6)NC(=O)[C@@H]5[C@H]4C3)n2)c(F)c1. The van der Waals surface area contributed by atoms with Gasteiger partial charge in [0.15, 0.2) is 5.01 Å². The highest BCUT2D eigenvalue weighted by Gasteiger charge is 2.63. The molecule has 2 aliphatic carbocycles. The summed E-state index contributed by atoms with van der Waals surface area (Å²) in [5.41, 5.74) is -1.90. The fourth-order valence-electron chi connectivity index (χ4n) is 8.15. The van der Waals surface area contributed by atoms with E-state index in [1.807, 2.05) is 12.2 Å². The number of ether oxygens (including phenoxy) is 2. The number of aromatic nitrogens is 1. The number of carbonyl (C=O) groups excluding carboxylic acids is 5. The molecule has 0 radical (unpaired) electrons. The number of carbonyl (C=O) groups is 5. The lowest BCUT2D eigenvalue weighted by Gasteiger charge is -2.33. The molecule has 0 unspecified atom stereocenters. The van der Waals surface area contributed by atoms with Crippen LogP contribution in [-0.4, -0.2) is 108 Å². The number of hydrogen-bond acceptors (Lipinski definition) is 11. The van der Waals surface area contributed by atoms with Gasteiger partial charge in [0.05, 0.1) is 18.1 Å². The number of nitrogens with zero attached hydrogens (tertiary/aromatic N) is 3. The van der Waals surface area contributed by atoms with E-state index >= 15 is 0 Å². The summed E-state index contributed by atoms with van der Waals surface area (Å²) in [5, 5.41) is 6.69. The molecule has 2 saturated heterocycles. The van der Waals surface area contributed by atoms with Gasteiger partial charge < -0.3 is 29.9 Å². The van der Waals surface area contributed by atoms with E-state index < -0.39 is 85.9 Å². The summed E-state index contributed by atoms with van der Waals surface area (Å²) in [6, 6.07) is 2.17. The van der Waals surface area contributed by atoms with Crippen molar-refractivity contribution in [2.24, 2.45) is 17.8 Å². The molecular weight excluding hydrogens is 780 g/mol. The summed E-state index contributed by atoms with van der Waals surface area (Å²) in [6.07, 6.45) is 7.13. The van der Waals surface area contributed by atoms with Crippen LogP contribution in [0.25, 0.3) is 11.3 Å². The summed E-state index contributed by atoms with van der Waals surface area (Å²) < 4.78 is 53.4. The van der Waals surface area contributed by atoms with Gasteiger partial charge in [-0.2, -0.15) is 0 Å². The Balaban J connectivity index is 1.17. The third-order valence-electron chi connectivity index (χ3n) is 11.3. The maximum Gasteiger partial charge on any atom is 0.408 e. The van der Waals surface area contributed by atoms with Gasteiger partial charge in [0.25, 0.3) is 11.8 Å². The minimum atomic E-state index is -3.93. The van der Waals surface area contributed by atoms with Crippen molar-refractivity contribution in [1.82, 2.24) is 30.1 Å². The number of benzene rings is 1. The Hall–Kier alpha value is -4.58. The second-order valence-electron chi connectivity index (χ2n) is 16.7. The first kappa shape index (κ1) is 40.6. The number of thiazole rings is 1. The first-order valence-electron chi connectivity index (χ1n) is 19.4. The lowest BCUT2D eigenvalue weighted by Crippen LogP contribution is -2.60. The van der Waals surface area contributed by atoms with Crippen molar-refractivity contribution >= 4 is 51.1 Å². The van der Waals surface area contributed by atoms with Crippen LogP contribution in [0.3, 0.4) is 0 Å². The molecule has 7 rings (SSSR count). The Labute approximate surface area is 335 Å². The molecular formula is C39H49FN6O9S2. The van der Waals surface area contributed by atoms with Gasteiger partial charge in [-0.05, 0) is 71.4 Å². The van der Waals surface area contributed by atoms with Crippen molar-refractivity contribution in [3.05, 3.63) is 46.6 Å². The van der Waals surface area contributed by atoms with E-state index in [1.54, 1.807) is 37.1 Å². The van der Waals surface area contributed by atoms with E-state index in [4.69, 9.17) is 9.47 Å². The molecule has 0 spiro atoms. The van der Waals surface area contributed by atoms with Crippen molar-refractivity contribution in [2.45, 2.75) is 101 Å². The van der Waals surface area contributed by atoms with Crippen molar-refractivity contribution in [3.8, 4) is 17.0 Å². The number of sulfonamides is 1. The predicted molar refractivity (Wildman–Crippen MR) is 207 cm³/mol. The zero-order chi connectivity index (χ0) is 40.9. The van der Waals surface area contributed by atoms with Crippen molar-refractivity contribution in [2.75, 3.05) is 26.7 Å². The number of alkyl carbamates (subject to hydrolysis) is 1. The van der Waals surface area contributed by atoms with Gasteiger partial charge in [-0.1, -0.05) is 25.0 Å². The van der Waals surface area contributed by atoms with Crippen LogP contribution in [0.15, 0.2) is 35.7 Å². The smallest absolute Gasteiger partial charge is 0.408 e. The van der Waals surface area contributed by atoms with E-state index in [0.717, 1.165) is 24.2 Å². The van der Waals surface area contributed by atoms with Gasteiger partial charge in [0, 0.05) is 54.4 Å². The van der Waals surface area contributed by atoms with Crippen molar-refractivity contribution in [1.29, 1.82) is 0 Å². The van der Waals surface area contributed by atoms with Gasteiger partial charge in [0.2, 0.25) is 21.8 Å². The van der Waals surface area contributed by atoms with Crippen LogP contribution < -0.4 is 20.1 Å². The predicted octanol–water partition coefficient (Wildman–Crippen LogP) is 3.75. The Morgan fingerprint density at radius 2 is 1.84 bits per heavy atom. The van der Waals surface area contributed by atoms with Gasteiger partial charge in [-0.3, -0.25) is 23.9 Å². The number of likely N-dealkylation sites (tertiary alicyclic amines) is 1. The number of halogens is 1. The molecule has 4 heterocycles. The molecule has 2 saturated carbocycles. The maximum atomic E-state index is 14.9. The molecule has 18 heteroatoms. The highest BCUT2D eigenvalue weighted by atomic mass is 32.2. The number of rotatable bonds is 7. The molecule has 1 aromatic carbocycles. The monoisotopic (exact) mass is 828 g/mol. The zero-order valence-electron chi connectivity index (χ0n) is 32.4. The van der Waals surface area contributed by atoms with Gasteiger partial charge in [0.1, 0.15) is 34.8 Å². The minimum absolute atomic E-state index is 0.0694. The van der Waals surface area contributed by atoms with E-state index in [0.29, 0.717) is 37.9 Å². The van der Waals surface area contributed by atoms with Gasteiger partial charge >= 0.3 is 6.09 Å². The van der Waals surface area contributed by atoms with Crippen LogP contribution in [-0.2, 0) is 29.1 Å². The number of amides is 5. The molecule has 57 heavy (non-hydrogen) atoms. The normalized spacial score (nSPS) is 28.5. The fraction of sp³-hybridized carbons (Fsp3) is 0.590. The highest BCUT2D eigenvalue weighted by Crippen LogP contribution is 2.47. The van der Waals surface area contributed by atoms with Crippen molar-refractivity contribution in [3.63, 3.8) is 0 Å². The average Bonchev–Trinajstić information content (AvgIpc) is 3.97. The van der Waals surface area contributed by atoms with Crippen LogP contribution >= 0.6 is 11.3 Å². The van der Waals surface area contributed by atoms with Gasteiger partial charge in [-0.25, -0.2) is 22.6 Å². The first-order valence-corrected chi connectivity index (χ1v) is 21.9. The van der Waals surface area contributed by atoms with Gasteiger partial charge in [-0.15, -0.1) is 11.3 Å². The molecule has 4 fully saturated rings. The number of hydrogen-bond donors (Lipinski definition) is 3. The molecule has 5 amide bonds. The molecule has 15 nitrogen and oxygen atoms in total. The van der Waals surface area contributed by atoms with E-state index in [2.05, 4.69) is 20.3 Å². The summed E-state index contributed by atoms with van der Waals surface area (Å²) in [6.45, 7) is 5.47. The number of methoxy groups -OCH3 is 1. The third kappa shape index (κ3) is 8.66. The van der Waals surface area contributed by atoms with Crippen LogP contribution in [0.4, 0.5) is 9.18 Å². The molecule has 3 N–H and O–H groups in total. The fourth-order valence-corrected chi connectivity index (χ4v) is 10.3. The van der Waals surface area contributed by atoms with Crippen LogP contribution in [0.5, 0.6) is 5.75 Å². The van der Waals surface area contributed by atoms with Crippen LogP contribution in [0.2, 0.25) is 0 Å². The second-order valence-corrected chi connectivity index (χ2v) is 19.5.